The van der Waals surface area contributed by atoms with E-state index in [1.807, 2.05) is 13.8 Å². The standard InChI is InChI=1S/C22H24FN3O5/c1-12(2)18(11-27)26-10-16(22(29)30)19(28)15-8-17(21(31-3)25-20(15)26)24-9-13-5-4-6-14(23)7-13/h4-8,10,12,18,24,27H,9,11H2,1-3H3,(H,29,30)/t18-/m1/s1. The van der Waals surface area contributed by atoms with E-state index in [0.29, 0.717) is 11.3 Å². The first-order valence-corrected chi connectivity index (χ1v) is 9.73. The number of hydrogen-bond acceptors (Lipinski definition) is 6. The highest BCUT2D eigenvalue weighted by atomic mass is 19.1. The Morgan fingerprint density at radius 3 is 2.65 bits per heavy atom. The number of carboxylic acids is 1. The number of halogens is 1. The number of hydrogen-bond donors (Lipinski definition) is 3. The molecule has 2 aromatic heterocycles. The van der Waals surface area contributed by atoms with Crippen LogP contribution in [0.2, 0.25) is 0 Å². The third kappa shape index (κ3) is 4.51. The summed E-state index contributed by atoms with van der Waals surface area (Å²) >= 11 is 0. The largest absolute Gasteiger partial charge is 0.479 e. The monoisotopic (exact) mass is 429 g/mol. The van der Waals surface area contributed by atoms with Crippen LogP contribution in [-0.2, 0) is 6.54 Å². The maximum atomic E-state index is 13.5. The highest BCUT2D eigenvalue weighted by Gasteiger charge is 2.23. The molecule has 2 heterocycles. The summed E-state index contributed by atoms with van der Waals surface area (Å²) in [7, 11) is 1.42. The van der Waals surface area contributed by atoms with Crippen LogP contribution in [0.15, 0.2) is 41.3 Å². The molecule has 0 unspecified atom stereocenters. The SMILES string of the molecule is COc1nc2c(cc1NCc1cccc(F)c1)c(=O)c(C(=O)O)cn2[C@H](CO)C(C)C. The number of carboxylic acid groups (broad SMARTS) is 1. The van der Waals surface area contributed by atoms with Gasteiger partial charge in [-0.25, -0.2) is 9.18 Å². The second-order valence-corrected chi connectivity index (χ2v) is 7.48. The molecule has 0 saturated heterocycles. The van der Waals surface area contributed by atoms with Gasteiger partial charge in [0.1, 0.15) is 17.0 Å². The lowest BCUT2D eigenvalue weighted by Gasteiger charge is -2.24. The molecule has 0 bridgehead atoms. The lowest BCUT2D eigenvalue weighted by molar-refractivity contribution is 0.0694. The third-order valence-corrected chi connectivity index (χ3v) is 5.08. The topological polar surface area (TPSA) is 114 Å². The first kappa shape index (κ1) is 22.2. The maximum Gasteiger partial charge on any atom is 0.341 e. The summed E-state index contributed by atoms with van der Waals surface area (Å²) in [5, 5.41) is 22.5. The van der Waals surface area contributed by atoms with E-state index >= 15 is 0 Å². The van der Waals surface area contributed by atoms with E-state index in [-0.39, 0.29) is 41.8 Å². The Bertz CT molecular complexity index is 1180. The van der Waals surface area contributed by atoms with Gasteiger partial charge in [-0.2, -0.15) is 4.98 Å². The van der Waals surface area contributed by atoms with Crippen molar-refractivity contribution in [2.24, 2.45) is 5.92 Å². The number of nitrogens with one attached hydrogen (secondary N) is 1. The smallest absolute Gasteiger partial charge is 0.341 e. The van der Waals surface area contributed by atoms with Crippen LogP contribution in [0.4, 0.5) is 10.1 Å². The van der Waals surface area contributed by atoms with Gasteiger partial charge in [0.05, 0.1) is 30.8 Å². The number of benzene rings is 1. The molecule has 31 heavy (non-hydrogen) atoms. The first-order chi connectivity index (χ1) is 14.8. The van der Waals surface area contributed by atoms with Gasteiger partial charge in [0, 0.05) is 12.7 Å². The minimum atomic E-state index is -1.37. The molecular formula is C22H24FN3O5. The summed E-state index contributed by atoms with van der Waals surface area (Å²) in [6, 6.07) is 7.01. The van der Waals surface area contributed by atoms with Crippen molar-refractivity contribution in [3.63, 3.8) is 0 Å². The van der Waals surface area contributed by atoms with Gasteiger partial charge in [0.2, 0.25) is 11.3 Å². The van der Waals surface area contributed by atoms with Crippen molar-refractivity contribution in [2.45, 2.75) is 26.4 Å². The second kappa shape index (κ2) is 9.13. The summed E-state index contributed by atoms with van der Waals surface area (Å²) < 4.78 is 20.3. The summed E-state index contributed by atoms with van der Waals surface area (Å²) in [4.78, 5) is 29.0. The van der Waals surface area contributed by atoms with Crippen molar-refractivity contribution in [3.8, 4) is 5.88 Å². The van der Waals surface area contributed by atoms with Crippen molar-refractivity contribution in [1.82, 2.24) is 9.55 Å². The average Bonchev–Trinajstić information content (AvgIpc) is 2.73. The molecule has 0 fully saturated rings. The first-order valence-electron chi connectivity index (χ1n) is 9.73. The third-order valence-electron chi connectivity index (χ3n) is 5.08. The summed E-state index contributed by atoms with van der Waals surface area (Å²) in [6.07, 6.45) is 1.21. The number of pyridine rings is 2. The summed E-state index contributed by atoms with van der Waals surface area (Å²) in [6.45, 7) is 3.71. The van der Waals surface area contributed by atoms with Crippen LogP contribution in [-0.4, -0.2) is 39.5 Å². The number of aliphatic hydroxyl groups is 1. The normalized spacial score (nSPS) is 12.2. The average molecular weight is 429 g/mol. The van der Waals surface area contributed by atoms with Crippen LogP contribution >= 0.6 is 0 Å². The highest BCUT2D eigenvalue weighted by molar-refractivity contribution is 5.93. The van der Waals surface area contributed by atoms with E-state index in [1.54, 1.807) is 12.1 Å². The quantitative estimate of drug-likeness (QED) is 0.504. The van der Waals surface area contributed by atoms with E-state index in [9.17, 15) is 24.2 Å². The number of methoxy groups -OCH3 is 1. The summed E-state index contributed by atoms with van der Waals surface area (Å²) in [5.74, 6) is -1.62. The van der Waals surface area contributed by atoms with Crippen LogP contribution < -0.4 is 15.5 Å². The van der Waals surface area contributed by atoms with Crippen LogP contribution in [0.5, 0.6) is 5.88 Å². The zero-order valence-electron chi connectivity index (χ0n) is 17.4. The number of aromatic carboxylic acids is 1. The molecule has 1 aromatic carbocycles. The second-order valence-electron chi connectivity index (χ2n) is 7.48. The van der Waals surface area contributed by atoms with E-state index in [0.717, 1.165) is 0 Å². The molecule has 0 aliphatic carbocycles. The van der Waals surface area contributed by atoms with Gasteiger partial charge in [-0.15, -0.1) is 0 Å². The fraction of sp³-hybridized carbons (Fsp3) is 0.318. The molecule has 0 amide bonds. The fourth-order valence-electron chi connectivity index (χ4n) is 3.41. The maximum absolute atomic E-state index is 13.5. The molecule has 8 nitrogen and oxygen atoms in total. The molecule has 3 aromatic rings. The van der Waals surface area contributed by atoms with E-state index in [1.165, 1.54) is 36.1 Å². The number of aromatic nitrogens is 2. The molecule has 9 heteroatoms. The van der Waals surface area contributed by atoms with Crippen molar-refractivity contribution in [3.05, 3.63) is 63.7 Å². The highest BCUT2D eigenvalue weighted by Crippen LogP contribution is 2.29. The molecule has 0 spiro atoms. The van der Waals surface area contributed by atoms with Crippen molar-refractivity contribution in [2.75, 3.05) is 19.0 Å². The van der Waals surface area contributed by atoms with Crippen molar-refractivity contribution >= 4 is 22.7 Å². The van der Waals surface area contributed by atoms with Gasteiger partial charge in [-0.1, -0.05) is 26.0 Å². The predicted molar refractivity (Wildman–Crippen MR) is 114 cm³/mol. The molecule has 3 rings (SSSR count). The predicted octanol–water partition coefficient (Wildman–Crippen LogP) is 3.04. The fourth-order valence-corrected chi connectivity index (χ4v) is 3.41. The number of ether oxygens (including phenoxy) is 1. The number of anilines is 1. The number of aliphatic hydroxyl groups excluding tert-OH is 1. The summed E-state index contributed by atoms with van der Waals surface area (Å²) in [5.41, 5.74) is 0.114. The minimum Gasteiger partial charge on any atom is -0.479 e. The van der Waals surface area contributed by atoms with Gasteiger partial charge in [0.15, 0.2) is 0 Å². The number of nitrogens with zero attached hydrogens (tertiary/aromatic N) is 2. The van der Waals surface area contributed by atoms with Crippen LogP contribution in [0.25, 0.3) is 11.0 Å². The molecular weight excluding hydrogens is 405 g/mol. The lowest BCUT2D eigenvalue weighted by Crippen LogP contribution is -2.26. The van der Waals surface area contributed by atoms with Crippen LogP contribution in [0, 0.1) is 11.7 Å². The van der Waals surface area contributed by atoms with Crippen LogP contribution in [0.3, 0.4) is 0 Å². The van der Waals surface area contributed by atoms with Crippen molar-refractivity contribution in [1.29, 1.82) is 0 Å². The zero-order valence-corrected chi connectivity index (χ0v) is 17.4. The molecule has 0 radical (unpaired) electrons. The van der Waals surface area contributed by atoms with Gasteiger partial charge >= 0.3 is 5.97 Å². The molecule has 0 saturated carbocycles. The van der Waals surface area contributed by atoms with E-state index < -0.39 is 23.0 Å². The molecule has 0 aliphatic heterocycles. The van der Waals surface area contributed by atoms with Crippen molar-refractivity contribution < 1.29 is 24.1 Å². The van der Waals surface area contributed by atoms with Gasteiger partial charge in [-0.05, 0) is 29.7 Å². The molecule has 3 N–H and O–H groups in total. The Morgan fingerprint density at radius 1 is 1.32 bits per heavy atom. The number of carbonyl (C=O) groups is 1. The minimum absolute atomic E-state index is 0.0593. The van der Waals surface area contributed by atoms with Gasteiger partial charge in [0.25, 0.3) is 0 Å². The van der Waals surface area contributed by atoms with Gasteiger partial charge in [-0.3, -0.25) is 4.79 Å². The number of rotatable bonds is 8. The van der Waals surface area contributed by atoms with E-state index in [2.05, 4.69) is 10.3 Å². The lowest BCUT2D eigenvalue weighted by atomic mass is 10.0. The number of fused-ring (bicyclic) bond motifs is 1. The van der Waals surface area contributed by atoms with Crippen LogP contribution in [0.1, 0.15) is 35.8 Å². The molecule has 164 valence electrons. The zero-order chi connectivity index (χ0) is 22.7. The Balaban J connectivity index is 2.18. The Kier molecular flexibility index (Phi) is 6.55. The molecule has 1 atom stereocenters. The Morgan fingerprint density at radius 2 is 2.06 bits per heavy atom. The Labute approximate surface area is 177 Å². The Hall–Kier alpha value is -3.46. The van der Waals surface area contributed by atoms with Gasteiger partial charge < -0.3 is 24.8 Å². The molecule has 0 aliphatic rings. The van der Waals surface area contributed by atoms with E-state index in [4.69, 9.17) is 4.74 Å².